The number of hydrogen-bond acceptors (Lipinski definition) is 5. The van der Waals surface area contributed by atoms with Crippen LogP contribution >= 0.6 is 24.0 Å². The molecular weight excluding hydrogens is 497 g/mol. The van der Waals surface area contributed by atoms with Crippen molar-refractivity contribution in [3.05, 3.63) is 53.5 Å². The average molecular weight is 531 g/mol. The van der Waals surface area contributed by atoms with Crippen LogP contribution in [0.1, 0.15) is 30.2 Å². The Morgan fingerprint density at radius 3 is 2.73 bits per heavy atom. The fourth-order valence-corrected chi connectivity index (χ4v) is 2.62. The number of rotatable bonds is 13. The van der Waals surface area contributed by atoms with Gasteiger partial charge in [0.2, 0.25) is 0 Å². The highest BCUT2D eigenvalue weighted by Gasteiger charge is 2.05. The van der Waals surface area contributed by atoms with Crippen LogP contribution in [0.25, 0.3) is 0 Å². The van der Waals surface area contributed by atoms with Crippen LogP contribution in [0.2, 0.25) is 0 Å². The summed E-state index contributed by atoms with van der Waals surface area (Å²) in [5.41, 5.74) is 2.20. The van der Waals surface area contributed by atoms with Gasteiger partial charge in [-0.2, -0.15) is 0 Å². The van der Waals surface area contributed by atoms with Crippen LogP contribution in [-0.4, -0.2) is 46.0 Å². The quantitative estimate of drug-likeness (QED) is 0.177. The fourth-order valence-electron chi connectivity index (χ4n) is 2.62. The van der Waals surface area contributed by atoms with Crippen molar-refractivity contribution in [3.63, 3.8) is 0 Å². The highest BCUT2D eigenvalue weighted by Crippen LogP contribution is 2.21. The normalized spacial score (nSPS) is 11.1. The Balaban J connectivity index is 0.00000450. The molecule has 0 saturated heterocycles. The van der Waals surface area contributed by atoms with E-state index in [1.807, 2.05) is 18.2 Å². The lowest BCUT2D eigenvalue weighted by atomic mass is 10.1. The maximum Gasteiger partial charge on any atom is 0.191 e. The first-order valence-corrected chi connectivity index (χ1v) is 10.1. The van der Waals surface area contributed by atoms with Crippen LogP contribution in [0.15, 0.2) is 46.0 Å². The molecule has 0 radical (unpaired) electrons. The lowest BCUT2D eigenvalue weighted by Crippen LogP contribution is -2.38. The summed E-state index contributed by atoms with van der Waals surface area (Å²) in [5, 5.41) is 6.61. The first kappa shape index (κ1) is 26.3. The maximum atomic E-state index is 5.85. The van der Waals surface area contributed by atoms with Crippen molar-refractivity contribution in [1.82, 2.24) is 10.6 Å². The Morgan fingerprint density at radius 2 is 2.00 bits per heavy atom. The van der Waals surface area contributed by atoms with Gasteiger partial charge in [0.1, 0.15) is 24.7 Å². The van der Waals surface area contributed by atoms with Gasteiger partial charge < -0.3 is 29.3 Å². The first-order chi connectivity index (χ1) is 14.2. The van der Waals surface area contributed by atoms with E-state index in [9.17, 15) is 0 Å². The third-order valence-electron chi connectivity index (χ3n) is 4.10. The minimum absolute atomic E-state index is 0. The Labute approximate surface area is 196 Å². The molecule has 0 atom stereocenters. The van der Waals surface area contributed by atoms with Crippen LogP contribution < -0.4 is 15.4 Å². The van der Waals surface area contributed by atoms with E-state index in [1.54, 1.807) is 13.4 Å². The Bertz CT molecular complexity index is 723. The molecular formula is C22H34IN3O4. The Hall–Kier alpha value is -1.78. The minimum atomic E-state index is 0. The van der Waals surface area contributed by atoms with Crippen LogP contribution in [0, 0.1) is 6.92 Å². The monoisotopic (exact) mass is 531 g/mol. The van der Waals surface area contributed by atoms with E-state index in [4.69, 9.17) is 18.6 Å². The van der Waals surface area contributed by atoms with Gasteiger partial charge in [-0.1, -0.05) is 12.1 Å². The molecule has 1 aromatic heterocycles. The first-order valence-electron chi connectivity index (χ1n) is 10.1. The molecule has 0 unspecified atom stereocenters. The van der Waals surface area contributed by atoms with E-state index in [1.165, 1.54) is 0 Å². The van der Waals surface area contributed by atoms with Gasteiger partial charge in [0, 0.05) is 32.4 Å². The molecule has 8 heteroatoms. The summed E-state index contributed by atoms with van der Waals surface area (Å²) in [7, 11) is 1.67. The summed E-state index contributed by atoms with van der Waals surface area (Å²) >= 11 is 0. The van der Waals surface area contributed by atoms with Gasteiger partial charge in [0.05, 0.1) is 19.4 Å². The fraction of sp³-hybridized carbons (Fsp3) is 0.500. The number of aryl methyl sites for hydroxylation is 1. The molecule has 2 N–H and O–H groups in total. The van der Waals surface area contributed by atoms with Crippen molar-refractivity contribution in [3.8, 4) is 5.75 Å². The average Bonchev–Trinajstić information content (AvgIpc) is 3.23. The molecule has 0 aliphatic heterocycles. The summed E-state index contributed by atoms with van der Waals surface area (Å²) in [6.45, 7) is 8.44. The highest BCUT2D eigenvalue weighted by atomic mass is 127. The molecule has 2 aromatic rings. The predicted molar refractivity (Wildman–Crippen MR) is 130 cm³/mol. The smallest absolute Gasteiger partial charge is 0.191 e. The Kier molecular flexibility index (Phi) is 14.0. The third-order valence-corrected chi connectivity index (χ3v) is 4.10. The van der Waals surface area contributed by atoms with E-state index >= 15 is 0 Å². The van der Waals surface area contributed by atoms with E-state index in [-0.39, 0.29) is 24.0 Å². The number of methoxy groups -OCH3 is 1. The predicted octanol–water partition coefficient (Wildman–Crippen LogP) is 3.89. The van der Waals surface area contributed by atoms with Gasteiger partial charge in [0.25, 0.3) is 0 Å². The van der Waals surface area contributed by atoms with Gasteiger partial charge in [-0.15, -0.1) is 24.0 Å². The summed E-state index contributed by atoms with van der Waals surface area (Å²) < 4.78 is 21.8. The summed E-state index contributed by atoms with van der Waals surface area (Å²) in [4.78, 5) is 4.69. The molecule has 1 aromatic carbocycles. The summed E-state index contributed by atoms with van der Waals surface area (Å²) in [6, 6.07) is 9.95. The van der Waals surface area contributed by atoms with E-state index < -0.39 is 0 Å². The molecule has 0 saturated carbocycles. The van der Waals surface area contributed by atoms with Crippen molar-refractivity contribution in [2.24, 2.45) is 4.99 Å². The van der Waals surface area contributed by atoms with Crippen LogP contribution in [0.4, 0.5) is 0 Å². The van der Waals surface area contributed by atoms with E-state index in [2.05, 4.69) is 41.6 Å². The Morgan fingerprint density at radius 1 is 1.13 bits per heavy atom. The van der Waals surface area contributed by atoms with Crippen molar-refractivity contribution in [2.75, 3.05) is 40.0 Å². The van der Waals surface area contributed by atoms with Crippen molar-refractivity contribution >= 4 is 29.9 Å². The number of nitrogens with zero attached hydrogens (tertiary/aromatic N) is 1. The number of guanidine groups is 1. The van der Waals surface area contributed by atoms with E-state index in [0.717, 1.165) is 48.1 Å². The van der Waals surface area contributed by atoms with Gasteiger partial charge in [-0.25, -0.2) is 4.99 Å². The summed E-state index contributed by atoms with van der Waals surface area (Å²) in [5.74, 6) is 2.48. The molecule has 168 valence electrons. The second-order valence-electron chi connectivity index (χ2n) is 6.56. The zero-order valence-electron chi connectivity index (χ0n) is 18.1. The largest absolute Gasteiger partial charge is 0.491 e. The number of nitrogens with one attached hydrogen (secondary N) is 2. The second kappa shape index (κ2) is 16.0. The van der Waals surface area contributed by atoms with Crippen molar-refractivity contribution in [2.45, 2.75) is 33.4 Å². The molecule has 2 rings (SSSR count). The van der Waals surface area contributed by atoms with Crippen molar-refractivity contribution < 1.29 is 18.6 Å². The molecule has 0 aliphatic carbocycles. The summed E-state index contributed by atoms with van der Waals surface area (Å²) in [6.07, 6.45) is 2.53. The number of hydrogen-bond donors (Lipinski definition) is 2. The topological polar surface area (TPSA) is 77.3 Å². The third kappa shape index (κ3) is 10.3. The van der Waals surface area contributed by atoms with Gasteiger partial charge in [0.15, 0.2) is 5.96 Å². The van der Waals surface area contributed by atoms with Crippen LogP contribution in [-0.2, 0) is 22.6 Å². The van der Waals surface area contributed by atoms with Crippen molar-refractivity contribution in [1.29, 1.82) is 0 Å². The zero-order valence-corrected chi connectivity index (χ0v) is 20.4. The zero-order chi connectivity index (χ0) is 20.7. The maximum absolute atomic E-state index is 5.85. The molecule has 0 fully saturated rings. The molecule has 0 amide bonds. The molecule has 7 nitrogen and oxygen atoms in total. The molecule has 0 bridgehead atoms. The van der Waals surface area contributed by atoms with Gasteiger partial charge >= 0.3 is 0 Å². The lowest BCUT2D eigenvalue weighted by Gasteiger charge is -2.13. The van der Waals surface area contributed by atoms with E-state index in [0.29, 0.717) is 33.0 Å². The number of aliphatic imine (C=N–C) groups is 1. The highest BCUT2D eigenvalue weighted by molar-refractivity contribution is 14.0. The lowest BCUT2D eigenvalue weighted by molar-refractivity contribution is 0.105. The number of halogens is 1. The second-order valence-corrected chi connectivity index (χ2v) is 6.56. The van der Waals surface area contributed by atoms with Gasteiger partial charge in [-0.3, -0.25) is 0 Å². The molecule has 0 aliphatic rings. The van der Waals surface area contributed by atoms with Crippen LogP contribution in [0.3, 0.4) is 0 Å². The number of furan rings is 1. The number of benzene rings is 1. The molecule has 0 spiro atoms. The molecule has 30 heavy (non-hydrogen) atoms. The molecule has 1 heterocycles. The minimum Gasteiger partial charge on any atom is -0.491 e. The number of ether oxygens (including phenoxy) is 3. The van der Waals surface area contributed by atoms with Crippen LogP contribution in [0.5, 0.6) is 5.75 Å². The van der Waals surface area contributed by atoms with Gasteiger partial charge in [-0.05, 0) is 44.0 Å². The SMILES string of the molecule is CCNC(=NCc1ccc(C)cc1OCCOC)NCCCOCc1ccco1.I. The standard InChI is InChI=1S/C22H33N3O4.HI/c1-4-23-22(24-10-6-11-27-17-20-7-5-12-28-20)25-16-19-9-8-18(2)15-21(19)29-14-13-26-3;/h5,7-9,12,15H,4,6,10-11,13-14,16-17H2,1-3H3,(H2,23,24,25);1H.